The largest absolute Gasteiger partial charge is 0.396 e. The number of aliphatic hydroxyl groups is 1. The zero-order valence-electron chi connectivity index (χ0n) is 11.1. The standard InChI is InChI=1S/C17H20O.Ti/c18-12-11-17(13-15-7-3-1-4-8-15)14-16-9-5-2-6-10-16;/h1-10,17-18H,11-14H2;. The van der Waals surface area contributed by atoms with Crippen LogP contribution < -0.4 is 0 Å². The normalized spacial score (nSPS) is 10.2. The van der Waals surface area contributed by atoms with Crippen molar-refractivity contribution in [3.8, 4) is 0 Å². The molecule has 98 valence electrons. The van der Waals surface area contributed by atoms with E-state index in [4.69, 9.17) is 0 Å². The molecule has 1 nitrogen and oxygen atoms in total. The molecule has 0 radical (unpaired) electrons. The van der Waals surface area contributed by atoms with Crippen molar-refractivity contribution in [2.24, 2.45) is 5.92 Å². The summed E-state index contributed by atoms with van der Waals surface area (Å²) in [5, 5.41) is 9.19. The molecule has 0 unspecified atom stereocenters. The Labute approximate surface area is 130 Å². The van der Waals surface area contributed by atoms with Crippen LogP contribution in [0.15, 0.2) is 60.7 Å². The van der Waals surface area contributed by atoms with Gasteiger partial charge in [-0.05, 0) is 36.3 Å². The predicted octanol–water partition coefficient (Wildman–Crippen LogP) is 3.47. The van der Waals surface area contributed by atoms with Gasteiger partial charge in [0.1, 0.15) is 0 Å². The van der Waals surface area contributed by atoms with Gasteiger partial charge in [0.25, 0.3) is 0 Å². The van der Waals surface area contributed by atoms with E-state index in [9.17, 15) is 5.11 Å². The van der Waals surface area contributed by atoms with E-state index in [2.05, 4.69) is 48.5 Å². The molecular weight excluding hydrogens is 268 g/mol. The third kappa shape index (κ3) is 5.73. The van der Waals surface area contributed by atoms with Gasteiger partial charge in [0.05, 0.1) is 0 Å². The molecule has 0 aromatic heterocycles. The predicted molar refractivity (Wildman–Crippen MR) is 75.5 cm³/mol. The molecule has 2 aromatic carbocycles. The Kier molecular flexibility index (Phi) is 7.73. The van der Waals surface area contributed by atoms with Crippen molar-refractivity contribution in [2.45, 2.75) is 19.3 Å². The zero-order chi connectivity index (χ0) is 12.6. The van der Waals surface area contributed by atoms with Gasteiger partial charge in [-0.15, -0.1) is 0 Å². The first kappa shape index (κ1) is 16.2. The van der Waals surface area contributed by atoms with Gasteiger partial charge in [-0.25, -0.2) is 0 Å². The number of aliphatic hydroxyl groups excluding tert-OH is 1. The molecule has 0 atom stereocenters. The summed E-state index contributed by atoms with van der Waals surface area (Å²) in [6.07, 6.45) is 2.94. The summed E-state index contributed by atoms with van der Waals surface area (Å²) in [7, 11) is 0. The monoisotopic (exact) mass is 288 g/mol. The third-order valence-corrected chi connectivity index (χ3v) is 3.27. The molecule has 2 aromatic rings. The summed E-state index contributed by atoms with van der Waals surface area (Å²) in [5.41, 5.74) is 2.71. The summed E-state index contributed by atoms with van der Waals surface area (Å²) in [6.45, 7) is 0.268. The molecule has 0 aliphatic carbocycles. The second-order valence-corrected chi connectivity index (χ2v) is 4.76. The first-order chi connectivity index (χ1) is 8.88. The minimum absolute atomic E-state index is 0. The maximum Gasteiger partial charge on any atom is 0.0433 e. The van der Waals surface area contributed by atoms with E-state index in [-0.39, 0.29) is 28.3 Å². The van der Waals surface area contributed by atoms with Crippen molar-refractivity contribution < 1.29 is 26.8 Å². The Morgan fingerprint density at radius 1 is 0.737 bits per heavy atom. The molecule has 0 aliphatic rings. The van der Waals surface area contributed by atoms with E-state index in [0.29, 0.717) is 5.92 Å². The molecule has 2 rings (SSSR count). The minimum Gasteiger partial charge on any atom is -0.396 e. The average Bonchev–Trinajstić information content (AvgIpc) is 2.41. The second-order valence-electron chi connectivity index (χ2n) is 4.76. The van der Waals surface area contributed by atoms with Crippen molar-refractivity contribution in [1.82, 2.24) is 0 Å². The van der Waals surface area contributed by atoms with Gasteiger partial charge in [0, 0.05) is 28.3 Å². The second kappa shape index (κ2) is 9.09. The SMILES string of the molecule is OCCC(Cc1ccccc1)Cc1ccccc1.[Ti]. The van der Waals surface area contributed by atoms with Gasteiger partial charge in [-0.2, -0.15) is 0 Å². The van der Waals surface area contributed by atoms with Crippen LogP contribution in [0.2, 0.25) is 0 Å². The molecule has 0 fully saturated rings. The molecule has 0 heterocycles. The molecule has 2 heteroatoms. The fourth-order valence-corrected chi connectivity index (χ4v) is 2.35. The molecule has 0 amide bonds. The quantitative estimate of drug-likeness (QED) is 0.807. The Morgan fingerprint density at radius 2 is 1.16 bits per heavy atom. The maximum atomic E-state index is 9.19. The van der Waals surface area contributed by atoms with E-state index in [0.717, 1.165) is 19.3 Å². The Balaban J connectivity index is 0.00000180. The van der Waals surface area contributed by atoms with E-state index < -0.39 is 0 Å². The van der Waals surface area contributed by atoms with Gasteiger partial charge in [-0.3, -0.25) is 0 Å². The van der Waals surface area contributed by atoms with E-state index in [1.807, 2.05) is 12.1 Å². The van der Waals surface area contributed by atoms with Crippen LogP contribution in [0.25, 0.3) is 0 Å². The van der Waals surface area contributed by atoms with E-state index in [1.54, 1.807) is 0 Å². The summed E-state index contributed by atoms with van der Waals surface area (Å²) >= 11 is 0. The summed E-state index contributed by atoms with van der Waals surface area (Å²) in [6, 6.07) is 21.0. The topological polar surface area (TPSA) is 20.2 Å². The molecule has 0 aliphatic heterocycles. The molecule has 0 saturated heterocycles. The van der Waals surface area contributed by atoms with Gasteiger partial charge in [0.15, 0.2) is 0 Å². The summed E-state index contributed by atoms with van der Waals surface area (Å²) < 4.78 is 0. The number of hydrogen-bond donors (Lipinski definition) is 1. The zero-order valence-corrected chi connectivity index (χ0v) is 12.7. The molecule has 0 spiro atoms. The molecule has 1 N–H and O–H groups in total. The van der Waals surface area contributed by atoms with Crippen LogP contribution in [0.1, 0.15) is 17.5 Å². The number of hydrogen-bond acceptors (Lipinski definition) is 1. The van der Waals surface area contributed by atoms with Gasteiger partial charge < -0.3 is 5.11 Å². The van der Waals surface area contributed by atoms with Gasteiger partial charge in [-0.1, -0.05) is 60.7 Å². The van der Waals surface area contributed by atoms with Crippen molar-refractivity contribution in [2.75, 3.05) is 6.61 Å². The van der Waals surface area contributed by atoms with Crippen LogP contribution in [-0.4, -0.2) is 11.7 Å². The number of rotatable bonds is 6. The van der Waals surface area contributed by atoms with Crippen molar-refractivity contribution in [3.63, 3.8) is 0 Å². The van der Waals surface area contributed by atoms with E-state index in [1.165, 1.54) is 11.1 Å². The molecular formula is C17H20OTi. The van der Waals surface area contributed by atoms with E-state index >= 15 is 0 Å². The Morgan fingerprint density at radius 3 is 1.53 bits per heavy atom. The van der Waals surface area contributed by atoms with Crippen LogP contribution in [0, 0.1) is 5.92 Å². The van der Waals surface area contributed by atoms with Crippen LogP contribution >= 0.6 is 0 Å². The van der Waals surface area contributed by atoms with Gasteiger partial charge in [0.2, 0.25) is 0 Å². The van der Waals surface area contributed by atoms with Crippen molar-refractivity contribution in [3.05, 3.63) is 71.8 Å². The molecule has 0 saturated carbocycles. The Bertz CT molecular complexity index is 400. The minimum atomic E-state index is 0. The van der Waals surface area contributed by atoms with Gasteiger partial charge >= 0.3 is 0 Å². The first-order valence-electron chi connectivity index (χ1n) is 6.57. The smallest absolute Gasteiger partial charge is 0.0433 e. The summed E-state index contributed by atoms with van der Waals surface area (Å²) in [4.78, 5) is 0. The van der Waals surface area contributed by atoms with Crippen LogP contribution in [-0.2, 0) is 34.6 Å². The average molecular weight is 288 g/mol. The Hall–Kier alpha value is -0.886. The summed E-state index contributed by atoms with van der Waals surface area (Å²) in [5.74, 6) is 0.514. The fourth-order valence-electron chi connectivity index (χ4n) is 2.35. The van der Waals surface area contributed by atoms with Crippen LogP contribution in [0.3, 0.4) is 0 Å². The van der Waals surface area contributed by atoms with Crippen LogP contribution in [0.4, 0.5) is 0 Å². The number of benzene rings is 2. The fraction of sp³-hybridized carbons (Fsp3) is 0.294. The molecule has 0 bridgehead atoms. The van der Waals surface area contributed by atoms with Crippen LogP contribution in [0.5, 0.6) is 0 Å². The third-order valence-electron chi connectivity index (χ3n) is 3.27. The van der Waals surface area contributed by atoms with Crippen molar-refractivity contribution in [1.29, 1.82) is 0 Å². The first-order valence-corrected chi connectivity index (χ1v) is 6.57. The maximum absolute atomic E-state index is 9.19. The van der Waals surface area contributed by atoms with Crippen molar-refractivity contribution >= 4 is 0 Å². The molecule has 19 heavy (non-hydrogen) atoms.